The van der Waals surface area contributed by atoms with Gasteiger partial charge in [0.2, 0.25) is 0 Å². The summed E-state index contributed by atoms with van der Waals surface area (Å²) < 4.78 is 0. The average molecular weight is 242 g/mol. The van der Waals surface area contributed by atoms with Crippen LogP contribution in [0.4, 0.5) is 0 Å². The number of hydrogen-bond donors (Lipinski definition) is 0. The molecule has 2 bridgehead atoms. The number of benzene rings is 1. The van der Waals surface area contributed by atoms with Crippen molar-refractivity contribution in [1.82, 2.24) is 0 Å². The lowest BCUT2D eigenvalue weighted by atomic mass is 9.50. The average Bonchev–Trinajstić information content (AvgIpc) is 2.38. The Kier molecular flexibility index (Phi) is 2.61. The fourth-order valence-electron chi connectivity index (χ4n) is 3.98. The third-order valence-corrected chi connectivity index (χ3v) is 4.97. The second-order valence-corrected chi connectivity index (χ2v) is 6.04. The molecule has 0 saturated heterocycles. The Labute approximate surface area is 107 Å². The van der Waals surface area contributed by atoms with Gasteiger partial charge < -0.3 is 4.79 Å². The van der Waals surface area contributed by atoms with Gasteiger partial charge in [0.15, 0.2) is 0 Å². The second kappa shape index (κ2) is 4.04. The molecule has 18 heavy (non-hydrogen) atoms. The van der Waals surface area contributed by atoms with Crippen LogP contribution in [0.2, 0.25) is 0 Å². The van der Waals surface area contributed by atoms with Gasteiger partial charge in [-0.15, -0.1) is 0 Å². The summed E-state index contributed by atoms with van der Waals surface area (Å²) in [5, 5.41) is 0. The van der Waals surface area contributed by atoms with Crippen LogP contribution in [0.25, 0.3) is 0 Å². The zero-order valence-corrected chi connectivity index (χ0v) is 10.6. The molecule has 0 aromatic heterocycles. The van der Waals surface area contributed by atoms with Gasteiger partial charge in [-0.1, -0.05) is 37.3 Å². The summed E-state index contributed by atoms with van der Waals surface area (Å²) in [7, 11) is 0. The lowest BCUT2D eigenvalue weighted by molar-refractivity contribution is -0.142. The highest BCUT2D eigenvalue weighted by Crippen LogP contribution is 2.57. The van der Waals surface area contributed by atoms with E-state index in [0.29, 0.717) is 12.2 Å². The van der Waals surface area contributed by atoms with E-state index in [1.54, 1.807) is 0 Å². The lowest BCUT2D eigenvalue weighted by Gasteiger charge is -2.52. The Morgan fingerprint density at radius 3 is 2.61 bits per heavy atom. The Hall–Kier alpha value is -1.44. The van der Waals surface area contributed by atoms with E-state index in [4.69, 9.17) is 0 Å². The summed E-state index contributed by atoms with van der Waals surface area (Å²) in [5.74, 6) is 0.514. The van der Waals surface area contributed by atoms with Crippen molar-refractivity contribution in [2.24, 2.45) is 17.3 Å². The Morgan fingerprint density at radius 1 is 1.28 bits per heavy atom. The molecule has 0 amide bonds. The van der Waals surface area contributed by atoms with E-state index in [9.17, 15) is 9.59 Å². The number of Topliss-reactive ketones (excluding diaryl/α,β-unsaturated/α-hetero) is 1. The topological polar surface area (TPSA) is 34.1 Å². The summed E-state index contributed by atoms with van der Waals surface area (Å²) in [4.78, 5) is 23.7. The molecular weight excluding hydrogens is 224 g/mol. The van der Waals surface area contributed by atoms with Gasteiger partial charge in [0, 0.05) is 24.2 Å². The third kappa shape index (κ3) is 1.55. The summed E-state index contributed by atoms with van der Waals surface area (Å²) in [5.41, 5.74) is 1.03. The van der Waals surface area contributed by atoms with E-state index >= 15 is 0 Å². The second-order valence-electron chi connectivity index (χ2n) is 6.04. The molecule has 94 valence electrons. The van der Waals surface area contributed by atoms with Crippen molar-refractivity contribution in [2.45, 2.75) is 32.1 Å². The van der Waals surface area contributed by atoms with Crippen LogP contribution in [0.3, 0.4) is 0 Å². The van der Waals surface area contributed by atoms with Crippen molar-refractivity contribution >= 4 is 12.1 Å². The predicted octanol–water partition coefficient (Wildman–Crippen LogP) is 2.97. The van der Waals surface area contributed by atoms with Gasteiger partial charge in [0.1, 0.15) is 12.1 Å². The van der Waals surface area contributed by atoms with Crippen molar-refractivity contribution < 1.29 is 9.59 Å². The van der Waals surface area contributed by atoms with E-state index in [1.165, 1.54) is 0 Å². The predicted molar refractivity (Wildman–Crippen MR) is 69.2 cm³/mol. The Morgan fingerprint density at radius 2 is 2.00 bits per heavy atom. The molecule has 3 fully saturated rings. The van der Waals surface area contributed by atoms with Crippen LogP contribution in [-0.4, -0.2) is 12.1 Å². The van der Waals surface area contributed by atoms with Gasteiger partial charge in [0.25, 0.3) is 0 Å². The zero-order chi connectivity index (χ0) is 12.8. The molecule has 3 saturated carbocycles. The first-order valence-electron chi connectivity index (χ1n) is 6.69. The SMILES string of the molecule is CC12CCC(C(=O)C1)C(c1ccccc1)C2C=O. The molecule has 3 aliphatic rings. The van der Waals surface area contributed by atoms with Crippen LogP contribution in [0, 0.1) is 17.3 Å². The first-order valence-corrected chi connectivity index (χ1v) is 6.69. The van der Waals surface area contributed by atoms with Crippen LogP contribution in [0.5, 0.6) is 0 Å². The highest BCUT2D eigenvalue weighted by Gasteiger charge is 2.54. The molecule has 0 spiro atoms. The quantitative estimate of drug-likeness (QED) is 0.747. The summed E-state index contributed by atoms with van der Waals surface area (Å²) in [6.07, 6.45) is 3.63. The van der Waals surface area contributed by atoms with Gasteiger partial charge in [-0.05, 0) is 23.8 Å². The van der Waals surface area contributed by atoms with Crippen molar-refractivity contribution in [3.8, 4) is 0 Å². The normalized spacial score (nSPS) is 38.7. The van der Waals surface area contributed by atoms with Gasteiger partial charge in [-0.3, -0.25) is 4.79 Å². The van der Waals surface area contributed by atoms with Crippen LogP contribution in [0.1, 0.15) is 37.7 Å². The molecule has 1 aromatic rings. The minimum atomic E-state index is -0.117. The van der Waals surface area contributed by atoms with Crippen LogP contribution < -0.4 is 0 Å². The number of carbonyl (C=O) groups is 2. The minimum Gasteiger partial charge on any atom is -0.303 e. The molecule has 1 aromatic carbocycles. The fraction of sp³-hybridized carbons (Fsp3) is 0.500. The van der Waals surface area contributed by atoms with Crippen molar-refractivity contribution in [3.63, 3.8) is 0 Å². The van der Waals surface area contributed by atoms with Crippen molar-refractivity contribution in [2.75, 3.05) is 0 Å². The first-order chi connectivity index (χ1) is 8.65. The Bertz CT molecular complexity index is 479. The van der Waals surface area contributed by atoms with Crippen LogP contribution in [-0.2, 0) is 9.59 Å². The molecule has 2 heteroatoms. The molecule has 0 radical (unpaired) electrons. The summed E-state index contributed by atoms with van der Waals surface area (Å²) in [6, 6.07) is 10.1. The van der Waals surface area contributed by atoms with E-state index in [-0.39, 0.29) is 23.2 Å². The van der Waals surface area contributed by atoms with E-state index in [0.717, 1.165) is 24.7 Å². The molecule has 3 aliphatic carbocycles. The number of carbonyl (C=O) groups excluding carboxylic acids is 2. The first kappa shape index (κ1) is 11.6. The maximum atomic E-state index is 12.2. The number of aldehydes is 1. The number of rotatable bonds is 2. The van der Waals surface area contributed by atoms with Crippen LogP contribution in [0.15, 0.2) is 30.3 Å². The van der Waals surface area contributed by atoms with Gasteiger partial charge in [-0.25, -0.2) is 0 Å². The van der Waals surface area contributed by atoms with Crippen molar-refractivity contribution in [3.05, 3.63) is 35.9 Å². The maximum Gasteiger partial charge on any atom is 0.137 e. The standard InChI is InChI=1S/C16H18O2/c1-16-8-7-12(14(18)9-16)15(13(16)10-17)11-5-3-2-4-6-11/h2-6,10,12-13,15H,7-9H2,1H3. The zero-order valence-electron chi connectivity index (χ0n) is 10.6. The molecule has 0 aliphatic heterocycles. The van der Waals surface area contributed by atoms with E-state index < -0.39 is 0 Å². The molecule has 0 heterocycles. The van der Waals surface area contributed by atoms with Gasteiger partial charge in [0.05, 0.1) is 0 Å². The smallest absolute Gasteiger partial charge is 0.137 e. The van der Waals surface area contributed by atoms with E-state index in [2.05, 4.69) is 19.1 Å². The molecule has 4 atom stereocenters. The molecular formula is C16H18O2. The highest BCUT2D eigenvalue weighted by atomic mass is 16.1. The minimum absolute atomic E-state index is 0.00338. The monoisotopic (exact) mass is 242 g/mol. The van der Waals surface area contributed by atoms with Crippen molar-refractivity contribution in [1.29, 1.82) is 0 Å². The summed E-state index contributed by atoms with van der Waals surface area (Å²) >= 11 is 0. The van der Waals surface area contributed by atoms with Crippen LogP contribution >= 0.6 is 0 Å². The third-order valence-electron chi connectivity index (χ3n) is 4.97. The summed E-state index contributed by atoms with van der Waals surface area (Å²) in [6.45, 7) is 2.11. The Balaban J connectivity index is 2.07. The van der Waals surface area contributed by atoms with Gasteiger partial charge in [-0.2, -0.15) is 0 Å². The molecule has 0 N–H and O–H groups in total. The molecule has 4 rings (SSSR count). The van der Waals surface area contributed by atoms with Gasteiger partial charge >= 0.3 is 0 Å². The molecule has 4 unspecified atom stereocenters. The lowest BCUT2D eigenvalue weighted by Crippen LogP contribution is -2.50. The number of ketones is 1. The highest BCUT2D eigenvalue weighted by molar-refractivity contribution is 5.86. The number of hydrogen-bond acceptors (Lipinski definition) is 2. The maximum absolute atomic E-state index is 12.2. The fourth-order valence-corrected chi connectivity index (χ4v) is 3.98. The number of fused-ring (bicyclic) bond motifs is 3. The largest absolute Gasteiger partial charge is 0.303 e. The van der Waals surface area contributed by atoms with E-state index in [1.807, 2.05) is 18.2 Å². The molecule has 2 nitrogen and oxygen atoms in total.